The number of anilines is 3. The maximum absolute atomic E-state index is 11.9. The summed E-state index contributed by atoms with van der Waals surface area (Å²) in [5, 5.41) is 40.3. The van der Waals surface area contributed by atoms with Crippen molar-refractivity contribution in [1.82, 2.24) is 13.7 Å². The van der Waals surface area contributed by atoms with E-state index in [0.29, 0.717) is 66.6 Å². The second-order valence-electron chi connectivity index (χ2n) is 20.1. The molecule has 0 saturated heterocycles. The Kier molecular flexibility index (Phi) is 21.3. The van der Waals surface area contributed by atoms with E-state index in [-0.39, 0.29) is 12.0 Å². The molecular formula is C67H71N9O9. The smallest absolute Gasteiger partial charge is 0.411 e. The van der Waals surface area contributed by atoms with Gasteiger partial charge in [0.25, 0.3) is 0 Å². The number of aromatic nitrogens is 3. The average Bonchev–Trinajstić information content (AvgIpc) is 1.75. The number of hydrogen-bond acceptors (Lipinski definition) is 12. The van der Waals surface area contributed by atoms with Crippen molar-refractivity contribution in [1.29, 1.82) is 15.8 Å². The van der Waals surface area contributed by atoms with E-state index in [4.69, 9.17) is 28.4 Å². The first-order chi connectivity index (χ1) is 41.1. The Labute approximate surface area is 495 Å². The summed E-state index contributed by atoms with van der Waals surface area (Å²) in [5.41, 5.74) is 11.8. The van der Waals surface area contributed by atoms with Crippen LogP contribution in [0.1, 0.15) is 78.5 Å². The third kappa shape index (κ3) is 14.5. The Morgan fingerprint density at radius 1 is 0.471 bits per heavy atom. The molecule has 6 aromatic carbocycles. The minimum atomic E-state index is -0.506. The highest BCUT2D eigenvalue weighted by Gasteiger charge is 2.22. The van der Waals surface area contributed by atoms with Crippen LogP contribution in [0.4, 0.5) is 31.4 Å². The zero-order valence-electron chi connectivity index (χ0n) is 49.9. The van der Waals surface area contributed by atoms with Crippen LogP contribution in [0.15, 0.2) is 127 Å². The van der Waals surface area contributed by atoms with Gasteiger partial charge in [0.2, 0.25) is 0 Å². The lowest BCUT2D eigenvalue weighted by Gasteiger charge is -2.12. The molecule has 3 heterocycles. The Morgan fingerprint density at radius 3 is 1.21 bits per heavy atom. The maximum atomic E-state index is 11.9. The summed E-state index contributed by atoms with van der Waals surface area (Å²) in [7, 11) is 4.88. The molecule has 3 amide bonds. The van der Waals surface area contributed by atoms with Crippen LogP contribution in [-0.4, -0.2) is 72.6 Å². The van der Waals surface area contributed by atoms with Crippen molar-refractivity contribution >= 4 is 68.1 Å². The number of amides is 3. The summed E-state index contributed by atoms with van der Waals surface area (Å²) >= 11 is 0. The molecule has 3 N–H and O–H groups in total. The fourth-order valence-corrected chi connectivity index (χ4v) is 9.87. The number of carbonyl (C=O) groups excluding carboxylic acids is 3. The molecule has 0 aliphatic carbocycles. The number of nitrogens with zero attached hydrogens (tertiary/aromatic N) is 6. The molecule has 0 spiro atoms. The fourth-order valence-electron chi connectivity index (χ4n) is 9.87. The number of carbonyl (C=O) groups is 3. The van der Waals surface area contributed by atoms with Crippen LogP contribution in [0.2, 0.25) is 0 Å². The first-order valence-electron chi connectivity index (χ1n) is 28.1. The summed E-state index contributed by atoms with van der Waals surface area (Å²) < 4.78 is 37.7. The first-order valence-corrected chi connectivity index (χ1v) is 28.1. The summed E-state index contributed by atoms with van der Waals surface area (Å²) in [6.45, 7) is 18.5. The minimum Gasteiger partial charge on any atom is -0.497 e. The van der Waals surface area contributed by atoms with Crippen LogP contribution in [0.3, 0.4) is 0 Å². The van der Waals surface area contributed by atoms with Gasteiger partial charge < -0.3 is 42.1 Å². The molecule has 18 heteroatoms. The van der Waals surface area contributed by atoms with Gasteiger partial charge in [-0.3, -0.25) is 16.0 Å². The fraction of sp³-hybridized carbons (Fsp3) is 0.284. The van der Waals surface area contributed by atoms with E-state index in [9.17, 15) is 30.2 Å². The molecule has 3 aromatic heterocycles. The predicted molar refractivity (Wildman–Crippen MR) is 333 cm³/mol. The number of fused-ring (bicyclic) bond motifs is 3. The van der Waals surface area contributed by atoms with Crippen molar-refractivity contribution in [3.05, 3.63) is 144 Å². The molecule has 85 heavy (non-hydrogen) atoms. The number of methoxy groups -OCH3 is 3. The van der Waals surface area contributed by atoms with Gasteiger partial charge in [-0.25, -0.2) is 14.4 Å². The van der Waals surface area contributed by atoms with Crippen molar-refractivity contribution in [2.24, 2.45) is 5.92 Å². The Balaban J connectivity index is 0.000000183. The summed E-state index contributed by atoms with van der Waals surface area (Å²) in [4.78, 5) is 35.5. The zero-order chi connectivity index (χ0) is 61.3. The molecule has 0 radical (unpaired) electrons. The molecule has 0 bridgehead atoms. The third-order valence-corrected chi connectivity index (χ3v) is 13.6. The van der Waals surface area contributed by atoms with Crippen molar-refractivity contribution in [2.45, 2.75) is 87.5 Å². The van der Waals surface area contributed by atoms with Gasteiger partial charge >= 0.3 is 18.3 Å². The Bertz CT molecular complexity index is 3970. The summed E-state index contributed by atoms with van der Waals surface area (Å²) in [6.07, 6.45) is -0.879. The Morgan fingerprint density at radius 2 is 0.859 bits per heavy atom. The van der Waals surface area contributed by atoms with E-state index in [0.717, 1.165) is 90.2 Å². The number of hydrogen-bond donors (Lipinski definition) is 3. The lowest BCUT2D eigenvalue weighted by atomic mass is 10.1. The second-order valence-corrected chi connectivity index (χ2v) is 20.1. The lowest BCUT2D eigenvalue weighted by Crippen LogP contribution is -2.17. The van der Waals surface area contributed by atoms with Gasteiger partial charge in [0.1, 0.15) is 35.5 Å². The van der Waals surface area contributed by atoms with Gasteiger partial charge in [-0.2, -0.15) is 15.8 Å². The molecule has 0 fully saturated rings. The van der Waals surface area contributed by atoms with Crippen molar-refractivity contribution in [3.63, 3.8) is 0 Å². The van der Waals surface area contributed by atoms with E-state index in [1.54, 1.807) is 41.2 Å². The second kappa shape index (κ2) is 29.0. The number of nitrogens with one attached hydrogen (secondary N) is 3. The lowest BCUT2D eigenvalue weighted by molar-refractivity contribution is 0.130. The molecule has 0 saturated carbocycles. The minimum absolute atomic E-state index is 0.203. The van der Waals surface area contributed by atoms with Gasteiger partial charge in [-0.1, -0.05) is 57.2 Å². The van der Waals surface area contributed by atoms with Crippen LogP contribution in [0.25, 0.3) is 66.5 Å². The van der Waals surface area contributed by atoms with Crippen molar-refractivity contribution in [2.75, 3.05) is 50.5 Å². The zero-order valence-corrected chi connectivity index (χ0v) is 49.9. The van der Waals surface area contributed by atoms with E-state index < -0.39 is 18.3 Å². The third-order valence-electron chi connectivity index (χ3n) is 13.6. The van der Waals surface area contributed by atoms with E-state index in [1.807, 2.05) is 163 Å². The van der Waals surface area contributed by atoms with Gasteiger partial charge in [0, 0.05) is 76.6 Å². The van der Waals surface area contributed by atoms with Gasteiger partial charge in [-0.15, -0.1) is 0 Å². The Hall–Kier alpha value is -10.4. The topological polar surface area (TPSA) is 229 Å². The summed E-state index contributed by atoms with van der Waals surface area (Å²) in [6, 6.07) is 46.4. The predicted octanol–water partition coefficient (Wildman–Crippen LogP) is 15.7. The number of benzene rings is 6. The molecule has 9 rings (SSSR count). The molecule has 0 unspecified atom stereocenters. The number of nitriles is 3. The molecule has 0 atom stereocenters. The van der Waals surface area contributed by atoms with Crippen LogP contribution in [-0.2, 0) is 33.8 Å². The average molecular weight is 1150 g/mol. The van der Waals surface area contributed by atoms with E-state index in [1.165, 1.54) is 0 Å². The van der Waals surface area contributed by atoms with Gasteiger partial charge in [0.05, 0.1) is 91.0 Å². The molecule has 438 valence electrons. The molecular weight excluding hydrogens is 1070 g/mol. The van der Waals surface area contributed by atoms with Crippen LogP contribution >= 0.6 is 0 Å². The highest BCUT2D eigenvalue weighted by Crippen LogP contribution is 2.39. The molecule has 0 aliphatic heterocycles. The number of rotatable bonds is 17. The summed E-state index contributed by atoms with van der Waals surface area (Å²) in [5.74, 6) is 2.52. The van der Waals surface area contributed by atoms with E-state index >= 15 is 0 Å². The largest absolute Gasteiger partial charge is 0.497 e. The van der Waals surface area contributed by atoms with E-state index in [2.05, 4.69) is 47.9 Å². The first kappa shape index (κ1) is 62.2. The quantitative estimate of drug-likeness (QED) is 0.0723. The standard InChI is InChI=1S/C23H25N3O3.2C22H23N3O3/c1-5-26-21-12-18(28-4)10-11-19(21)20(13-24)22(26)16-6-8-17(9-7-16)25-23(27)29-14-15(2)3;1-5-25-20-12-17(27-4)9-10-18(20)19(13-23)21(25)15-7-6-8-16(11-15)24-22(26)28-14(2)3;1-4-12-28-22(26)24-16-8-6-15(7-9-16)21-19(14-23)18-11-10-17(27-3)13-20(18)25(21)5-2/h6-12,15H,5,14H2,1-4H3,(H,25,27);6-12,14H,5H2,1-4H3,(H,24,26);6-11,13H,4-5,12H2,1-3H3,(H,24,26). The van der Waals surface area contributed by atoms with Crippen LogP contribution in [0.5, 0.6) is 17.2 Å². The van der Waals surface area contributed by atoms with Gasteiger partial charge in [0.15, 0.2) is 0 Å². The highest BCUT2D eigenvalue weighted by molar-refractivity contribution is 5.98. The number of ether oxygens (including phenoxy) is 6. The van der Waals surface area contributed by atoms with Crippen LogP contribution in [0, 0.1) is 39.9 Å². The van der Waals surface area contributed by atoms with Crippen LogP contribution < -0.4 is 30.2 Å². The number of aryl methyl sites for hydroxylation is 3. The maximum Gasteiger partial charge on any atom is 0.411 e. The SMILES string of the molecule is CCCOC(=O)Nc1ccc(-c2c(C#N)c3ccc(OC)cc3n2CC)cc1.CCn1c(-c2ccc(NC(=O)OCC(C)C)cc2)c(C#N)c2ccc(OC)cc21.CCn1c(-c2cccc(NC(=O)OC(C)C)c2)c(C#N)c2ccc(OC)cc21. The van der Waals surface area contributed by atoms with Gasteiger partial charge in [-0.05, 0) is 131 Å². The molecule has 0 aliphatic rings. The monoisotopic (exact) mass is 1150 g/mol. The molecule has 9 aromatic rings. The normalized spacial score (nSPS) is 10.7. The highest BCUT2D eigenvalue weighted by atomic mass is 16.6. The van der Waals surface area contributed by atoms with Crippen molar-refractivity contribution in [3.8, 4) is 69.2 Å². The van der Waals surface area contributed by atoms with Crippen molar-refractivity contribution < 1.29 is 42.8 Å². The molecule has 18 nitrogen and oxygen atoms in total.